The lowest BCUT2D eigenvalue weighted by Gasteiger charge is -2.34. The average Bonchev–Trinajstić information content (AvgIpc) is 3.23. The van der Waals surface area contributed by atoms with Crippen molar-refractivity contribution in [3.05, 3.63) is 0 Å². The first kappa shape index (κ1) is 14.8. The molecule has 1 saturated heterocycles. The van der Waals surface area contributed by atoms with Gasteiger partial charge in [-0.05, 0) is 19.8 Å². The van der Waals surface area contributed by atoms with E-state index < -0.39 is 6.03 Å². The van der Waals surface area contributed by atoms with Crippen molar-refractivity contribution in [1.29, 1.82) is 0 Å². The van der Waals surface area contributed by atoms with E-state index in [9.17, 15) is 14.4 Å². The number of urea groups is 1. The minimum Gasteiger partial charge on any atom is -0.340 e. The lowest BCUT2D eigenvalue weighted by Crippen LogP contribution is -2.52. The first-order chi connectivity index (χ1) is 9.60. The number of piperazine rings is 1. The van der Waals surface area contributed by atoms with Crippen LogP contribution in [0.25, 0.3) is 0 Å². The van der Waals surface area contributed by atoms with Crippen molar-refractivity contribution < 1.29 is 14.4 Å². The van der Waals surface area contributed by atoms with E-state index in [0.717, 1.165) is 12.8 Å². The Bertz CT molecular complexity index is 387. The van der Waals surface area contributed by atoms with E-state index in [1.165, 1.54) is 0 Å². The van der Waals surface area contributed by atoms with Gasteiger partial charge in [0.15, 0.2) is 0 Å². The fraction of sp³-hybridized carbons (Fsp3) is 0.769. The van der Waals surface area contributed by atoms with Crippen LogP contribution in [0.4, 0.5) is 4.79 Å². The Hall–Kier alpha value is -1.63. The van der Waals surface area contributed by atoms with E-state index >= 15 is 0 Å². The summed E-state index contributed by atoms with van der Waals surface area (Å²) in [6.07, 6.45) is 2.04. The summed E-state index contributed by atoms with van der Waals surface area (Å²) in [4.78, 5) is 38.6. The fourth-order valence-corrected chi connectivity index (χ4v) is 2.29. The molecule has 2 N–H and O–H groups in total. The first-order valence-electron chi connectivity index (χ1n) is 7.19. The second-order valence-corrected chi connectivity index (χ2v) is 5.28. The van der Waals surface area contributed by atoms with E-state index in [0.29, 0.717) is 32.7 Å². The highest BCUT2D eigenvalue weighted by Crippen LogP contribution is 2.31. The summed E-state index contributed by atoms with van der Waals surface area (Å²) in [7, 11) is 0. The molecule has 2 rings (SSSR count). The van der Waals surface area contributed by atoms with Gasteiger partial charge in [-0.15, -0.1) is 0 Å². The second-order valence-electron chi connectivity index (χ2n) is 5.28. The summed E-state index contributed by atoms with van der Waals surface area (Å²) in [6.45, 7) is 5.18. The zero-order valence-corrected chi connectivity index (χ0v) is 11.9. The zero-order valence-electron chi connectivity index (χ0n) is 11.9. The van der Waals surface area contributed by atoms with E-state index in [2.05, 4.69) is 10.6 Å². The van der Waals surface area contributed by atoms with Crippen LogP contribution >= 0.6 is 0 Å². The van der Waals surface area contributed by atoms with Gasteiger partial charge in [-0.2, -0.15) is 0 Å². The molecular weight excluding hydrogens is 260 g/mol. The maximum absolute atomic E-state index is 11.9. The van der Waals surface area contributed by atoms with Gasteiger partial charge < -0.3 is 10.2 Å². The van der Waals surface area contributed by atoms with Gasteiger partial charge in [0.05, 0.1) is 6.54 Å². The molecule has 0 radical (unpaired) electrons. The number of imide groups is 1. The lowest BCUT2D eigenvalue weighted by molar-refractivity contribution is -0.134. The monoisotopic (exact) mass is 282 g/mol. The molecule has 0 unspecified atom stereocenters. The van der Waals surface area contributed by atoms with Gasteiger partial charge in [0.1, 0.15) is 0 Å². The Labute approximate surface area is 118 Å². The molecule has 20 heavy (non-hydrogen) atoms. The molecule has 1 saturated carbocycles. The summed E-state index contributed by atoms with van der Waals surface area (Å²) in [5.74, 6) is 0.205. The van der Waals surface area contributed by atoms with Crippen molar-refractivity contribution in [2.24, 2.45) is 5.92 Å². The highest BCUT2D eigenvalue weighted by molar-refractivity contribution is 5.95. The Balaban J connectivity index is 1.67. The van der Waals surface area contributed by atoms with Crippen LogP contribution < -0.4 is 10.6 Å². The van der Waals surface area contributed by atoms with Crippen LogP contribution in [0, 0.1) is 5.92 Å². The van der Waals surface area contributed by atoms with Crippen LogP contribution in [0.15, 0.2) is 0 Å². The molecule has 2 fully saturated rings. The van der Waals surface area contributed by atoms with Gasteiger partial charge >= 0.3 is 6.03 Å². The molecule has 7 heteroatoms. The SMILES string of the molecule is CCNC(=O)NC(=O)CN1CCN(C(=O)C2CC2)CC1. The molecule has 0 aromatic heterocycles. The van der Waals surface area contributed by atoms with Crippen LogP contribution in [-0.4, -0.2) is 66.9 Å². The Morgan fingerprint density at radius 2 is 1.75 bits per heavy atom. The summed E-state index contributed by atoms with van der Waals surface area (Å²) < 4.78 is 0. The average molecular weight is 282 g/mol. The number of nitrogens with zero attached hydrogens (tertiary/aromatic N) is 2. The summed E-state index contributed by atoms with van der Waals surface area (Å²) in [6, 6.07) is -0.458. The molecule has 7 nitrogen and oxygen atoms in total. The third kappa shape index (κ3) is 4.19. The van der Waals surface area contributed by atoms with Crippen molar-refractivity contribution in [3.8, 4) is 0 Å². The van der Waals surface area contributed by atoms with Crippen LogP contribution in [0.1, 0.15) is 19.8 Å². The number of nitrogens with one attached hydrogen (secondary N) is 2. The number of carbonyl (C=O) groups excluding carboxylic acids is 3. The van der Waals surface area contributed by atoms with Gasteiger partial charge in [-0.25, -0.2) is 4.79 Å². The fourth-order valence-electron chi connectivity index (χ4n) is 2.29. The van der Waals surface area contributed by atoms with Gasteiger partial charge in [-0.1, -0.05) is 0 Å². The molecule has 1 heterocycles. The highest BCUT2D eigenvalue weighted by atomic mass is 16.2. The standard InChI is InChI=1S/C13H22N4O3/c1-2-14-13(20)15-11(18)9-16-5-7-17(8-6-16)12(19)10-3-4-10/h10H,2-9H2,1H3,(H2,14,15,18,20). The molecule has 1 aliphatic carbocycles. The van der Waals surface area contributed by atoms with E-state index in [1.54, 1.807) is 6.92 Å². The quantitative estimate of drug-likeness (QED) is 0.720. The number of carbonyl (C=O) groups is 3. The van der Waals surface area contributed by atoms with Gasteiger partial charge in [0.2, 0.25) is 11.8 Å². The van der Waals surface area contributed by atoms with Crippen molar-refractivity contribution in [2.75, 3.05) is 39.3 Å². The number of hydrogen-bond acceptors (Lipinski definition) is 4. The van der Waals surface area contributed by atoms with Crippen LogP contribution in [-0.2, 0) is 9.59 Å². The third-order valence-electron chi connectivity index (χ3n) is 3.57. The molecule has 0 aromatic rings. The van der Waals surface area contributed by atoms with Crippen LogP contribution in [0.2, 0.25) is 0 Å². The highest BCUT2D eigenvalue weighted by Gasteiger charge is 2.34. The minimum atomic E-state index is -0.458. The predicted octanol–water partition coefficient (Wildman–Crippen LogP) is -0.614. The van der Waals surface area contributed by atoms with Crippen molar-refractivity contribution in [3.63, 3.8) is 0 Å². The molecule has 4 amide bonds. The largest absolute Gasteiger partial charge is 0.340 e. The maximum atomic E-state index is 11.9. The summed E-state index contributed by atoms with van der Waals surface area (Å²) in [5.41, 5.74) is 0. The Morgan fingerprint density at radius 1 is 1.10 bits per heavy atom. The zero-order chi connectivity index (χ0) is 14.5. The van der Waals surface area contributed by atoms with E-state index in [1.807, 2.05) is 9.80 Å². The molecule has 1 aliphatic heterocycles. The molecule has 0 spiro atoms. The maximum Gasteiger partial charge on any atom is 0.321 e. The van der Waals surface area contributed by atoms with E-state index in [-0.39, 0.29) is 24.3 Å². The second kappa shape index (κ2) is 6.69. The Kier molecular flexibility index (Phi) is 4.94. The first-order valence-corrected chi connectivity index (χ1v) is 7.19. The van der Waals surface area contributed by atoms with Crippen LogP contribution in [0.3, 0.4) is 0 Å². The van der Waals surface area contributed by atoms with Crippen molar-refractivity contribution in [2.45, 2.75) is 19.8 Å². The molecule has 112 valence electrons. The van der Waals surface area contributed by atoms with Crippen molar-refractivity contribution in [1.82, 2.24) is 20.4 Å². The number of rotatable bonds is 4. The van der Waals surface area contributed by atoms with E-state index in [4.69, 9.17) is 0 Å². The van der Waals surface area contributed by atoms with Gasteiger partial charge in [0.25, 0.3) is 0 Å². The summed E-state index contributed by atoms with van der Waals surface area (Å²) in [5, 5.41) is 4.79. The predicted molar refractivity (Wildman–Crippen MR) is 73.0 cm³/mol. The molecule has 0 bridgehead atoms. The molecule has 0 atom stereocenters. The lowest BCUT2D eigenvalue weighted by atomic mass is 10.2. The minimum absolute atomic E-state index is 0.197. The molecule has 0 aromatic carbocycles. The topological polar surface area (TPSA) is 81.8 Å². The van der Waals surface area contributed by atoms with Gasteiger partial charge in [0, 0.05) is 38.6 Å². The normalized spacial score (nSPS) is 19.6. The molecular formula is C13H22N4O3. The van der Waals surface area contributed by atoms with Gasteiger partial charge in [-0.3, -0.25) is 19.8 Å². The molecule has 2 aliphatic rings. The smallest absolute Gasteiger partial charge is 0.321 e. The van der Waals surface area contributed by atoms with Crippen molar-refractivity contribution >= 4 is 17.8 Å². The summed E-state index contributed by atoms with van der Waals surface area (Å²) >= 11 is 0. The third-order valence-corrected chi connectivity index (χ3v) is 3.57. The number of amides is 4. The Morgan fingerprint density at radius 3 is 2.30 bits per heavy atom. The number of hydrogen-bond donors (Lipinski definition) is 2. The van der Waals surface area contributed by atoms with Crippen LogP contribution in [0.5, 0.6) is 0 Å².